The Balaban J connectivity index is 0. The van der Waals surface area contributed by atoms with Crippen LogP contribution in [0.2, 0.25) is 0 Å². The van der Waals surface area contributed by atoms with Crippen molar-refractivity contribution in [2.75, 3.05) is 39.4 Å². The highest BCUT2D eigenvalue weighted by Gasteiger charge is 2.36. The van der Waals surface area contributed by atoms with Crippen LogP contribution in [-0.2, 0) is 14.3 Å². The number of Topliss-reactive ketones (excluding diaryl/α,β-unsaturated/α-hetero) is 1. The van der Waals surface area contributed by atoms with Gasteiger partial charge < -0.3 is 16.0 Å². The summed E-state index contributed by atoms with van der Waals surface area (Å²) in [6.07, 6.45) is 42.6. The number of esters is 1. The second-order valence-corrected chi connectivity index (χ2v) is 14.5. The average Bonchev–Trinajstić information content (AvgIpc) is 3.50. The molecule has 7 nitrogen and oxygen atoms in total. The molecule has 1 aliphatic heterocycles. The number of hydrogen-bond donors (Lipinski definition) is 2. The van der Waals surface area contributed by atoms with E-state index in [0.29, 0.717) is 32.5 Å². The van der Waals surface area contributed by atoms with Crippen LogP contribution in [0.25, 0.3) is 0 Å². The molecule has 0 bridgehead atoms. The highest BCUT2D eigenvalue weighted by atomic mass is 35.5. The molecule has 0 radical (unpaired) electrons. The molecule has 8 heteroatoms. The highest BCUT2D eigenvalue weighted by molar-refractivity contribution is 5.85. The van der Waals surface area contributed by atoms with Crippen LogP contribution < -0.4 is 6.15 Å². The zero-order valence-corrected chi connectivity index (χ0v) is 34.4. The maximum atomic E-state index is 13.3. The van der Waals surface area contributed by atoms with Crippen LogP contribution in [0.15, 0.2) is 24.3 Å². The quantitative estimate of drug-likeness (QED) is 0.0374. The number of rotatable bonds is 36. The van der Waals surface area contributed by atoms with E-state index < -0.39 is 0 Å². The average molecular weight is 743 g/mol. The molecule has 1 rings (SSSR count). The molecule has 1 aliphatic rings. The van der Waals surface area contributed by atoms with E-state index >= 15 is 0 Å². The number of allylic oxidation sites excluding steroid dienone is 4. The van der Waals surface area contributed by atoms with Crippen LogP contribution in [0.3, 0.4) is 0 Å². The van der Waals surface area contributed by atoms with E-state index in [2.05, 4.69) is 48.0 Å². The van der Waals surface area contributed by atoms with E-state index in [-0.39, 0.29) is 43.1 Å². The van der Waals surface area contributed by atoms with Crippen LogP contribution in [-0.4, -0.2) is 72.2 Å². The lowest BCUT2D eigenvalue weighted by molar-refractivity contribution is -0.144. The SMILES string of the molecule is CCCCCCCC/C=C\CCCCCCCC(=O)OCCN1CCN(CCO)C1C(=O)CCCCCCC/C=C\CCCCCCCC.Cl.N. The van der Waals surface area contributed by atoms with Crippen molar-refractivity contribution < 1.29 is 19.4 Å². The maximum Gasteiger partial charge on any atom is 0.305 e. The maximum absolute atomic E-state index is 13.3. The second-order valence-electron chi connectivity index (χ2n) is 14.5. The summed E-state index contributed by atoms with van der Waals surface area (Å²) in [5.41, 5.74) is 0. The number of β-amino-alcohol motifs (C(OH)–C–C–N with tert-alkyl or cyclic N) is 1. The van der Waals surface area contributed by atoms with Gasteiger partial charge in [-0.25, -0.2) is 0 Å². The summed E-state index contributed by atoms with van der Waals surface area (Å²) in [5.74, 6) is 0.114. The van der Waals surface area contributed by atoms with Gasteiger partial charge in [0.15, 0.2) is 5.78 Å². The van der Waals surface area contributed by atoms with Crippen molar-refractivity contribution in [2.45, 2.75) is 200 Å². The third kappa shape index (κ3) is 30.9. The Morgan fingerprint density at radius 1 is 0.569 bits per heavy atom. The number of nitrogens with zero attached hydrogens (tertiary/aromatic N) is 2. The lowest BCUT2D eigenvalue weighted by atomic mass is 10.1. The molecule has 0 spiro atoms. The van der Waals surface area contributed by atoms with Crippen LogP contribution in [0.4, 0.5) is 0 Å². The summed E-state index contributed by atoms with van der Waals surface area (Å²) in [4.78, 5) is 29.8. The predicted octanol–water partition coefficient (Wildman–Crippen LogP) is 11.7. The first-order chi connectivity index (χ1) is 24.1. The lowest BCUT2D eigenvalue weighted by Crippen LogP contribution is -2.47. The molecule has 4 N–H and O–H groups in total. The van der Waals surface area contributed by atoms with Gasteiger partial charge in [0.25, 0.3) is 0 Å². The Labute approximate surface area is 322 Å². The van der Waals surface area contributed by atoms with Gasteiger partial charge in [-0.05, 0) is 64.2 Å². The number of ether oxygens (including phenoxy) is 1. The smallest absolute Gasteiger partial charge is 0.305 e. The summed E-state index contributed by atoms with van der Waals surface area (Å²) in [6, 6.07) is 0. The normalized spacial score (nSPS) is 15.1. The van der Waals surface area contributed by atoms with Gasteiger partial charge in [-0.15, -0.1) is 12.4 Å². The fourth-order valence-electron chi connectivity index (χ4n) is 6.92. The van der Waals surface area contributed by atoms with E-state index in [1.54, 1.807) is 0 Å². The zero-order valence-electron chi connectivity index (χ0n) is 33.6. The summed E-state index contributed by atoms with van der Waals surface area (Å²) >= 11 is 0. The molecule has 1 unspecified atom stereocenters. The minimum atomic E-state index is -0.298. The summed E-state index contributed by atoms with van der Waals surface area (Å²) in [6.45, 7) is 7.54. The van der Waals surface area contributed by atoms with E-state index in [1.807, 2.05) is 0 Å². The first kappa shape index (κ1) is 51.9. The van der Waals surface area contributed by atoms with E-state index in [4.69, 9.17) is 4.74 Å². The summed E-state index contributed by atoms with van der Waals surface area (Å²) in [7, 11) is 0. The van der Waals surface area contributed by atoms with Crippen molar-refractivity contribution in [3.63, 3.8) is 0 Å². The Morgan fingerprint density at radius 3 is 1.37 bits per heavy atom. The van der Waals surface area contributed by atoms with Crippen molar-refractivity contribution in [3.8, 4) is 0 Å². The minimum absolute atomic E-state index is 0. The van der Waals surface area contributed by atoms with Gasteiger partial charge >= 0.3 is 5.97 Å². The Hall–Kier alpha value is -1.25. The number of unbranched alkanes of at least 4 members (excludes halogenated alkanes) is 22. The highest BCUT2D eigenvalue weighted by Crippen LogP contribution is 2.19. The van der Waals surface area contributed by atoms with Gasteiger partial charge in [0.2, 0.25) is 0 Å². The fraction of sp³-hybridized carbons (Fsp3) is 0.860. The van der Waals surface area contributed by atoms with Gasteiger partial charge in [-0.1, -0.05) is 141 Å². The van der Waals surface area contributed by atoms with Crippen LogP contribution in [0.5, 0.6) is 0 Å². The van der Waals surface area contributed by atoms with Crippen LogP contribution >= 0.6 is 12.4 Å². The van der Waals surface area contributed by atoms with Crippen molar-refractivity contribution in [1.29, 1.82) is 0 Å². The molecule has 302 valence electrons. The van der Waals surface area contributed by atoms with Gasteiger partial charge in [-0.2, -0.15) is 0 Å². The molecule has 1 fully saturated rings. The number of aliphatic hydroxyl groups excluding tert-OH is 1. The fourth-order valence-corrected chi connectivity index (χ4v) is 6.92. The molecule has 51 heavy (non-hydrogen) atoms. The first-order valence-corrected chi connectivity index (χ1v) is 21.2. The largest absolute Gasteiger partial charge is 0.464 e. The van der Waals surface area contributed by atoms with Gasteiger partial charge in [0, 0.05) is 39.0 Å². The number of aliphatic hydroxyl groups is 1. The summed E-state index contributed by atoms with van der Waals surface area (Å²) < 4.78 is 5.56. The van der Waals surface area contributed by atoms with Crippen LogP contribution in [0.1, 0.15) is 194 Å². The van der Waals surface area contributed by atoms with Crippen molar-refractivity contribution in [2.24, 2.45) is 0 Å². The number of carbonyl (C=O) groups is 2. The molecular formula is C43H84ClN3O4. The molecule has 0 aromatic heterocycles. The molecule has 1 atom stereocenters. The predicted molar refractivity (Wildman–Crippen MR) is 221 cm³/mol. The van der Waals surface area contributed by atoms with Gasteiger partial charge in [0.05, 0.1) is 6.61 Å². The monoisotopic (exact) mass is 742 g/mol. The first-order valence-electron chi connectivity index (χ1n) is 21.2. The second kappa shape index (κ2) is 39.9. The third-order valence-electron chi connectivity index (χ3n) is 10.0. The van der Waals surface area contributed by atoms with E-state index in [0.717, 1.165) is 38.8 Å². The molecule has 0 aromatic rings. The molecule has 1 heterocycles. The summed E-state index contributed by atoms with van der Waals surface area (Å²) in [5, 5.41) is 9.56. The van der Waals surface area contributed by atoms with Gasteiger partial charge in [0.1, 0.15) is 12.8 Å². The topological polar surface area (TPSA) is 105 Å². The Bertz CT molecular complexity index is 825. The standard InChI is InChI=1S/C43H80N2O4.ClH.H3N/c1-3-5-7-9-11-13-15-17-19-21-23-25-27-29-31-33-41(47)43-44(37-39-46)35-36-45(43)38-40-49-42(48)34-32-30-28-26-24-22-20-18-16-14-12-10-8-6-4-2;;/h17-20,43,46H,3-16,21-40H2,1-2H3;1H;1H3/b19-17-,20-18-;;. The van der Waals surface area contributed by atoms with E-state index in [9.17, 15) is 14.7 Å². The van der Waals surface area contributed by atoms with Crippen molar-refractivity contribution >= 4 is 24.2 Å². The Kier molecular flexibility index (Phi) is 40.6. The number of hydrogen-bond acceptors (Lipinski definition) is 7. The van der Waals surface area contributed by atoms with Crippen molar-refractivity contribution in [1.82, 2.24) is 16.0 Å². The van der Waals surface area contributed by atoms with Crippen LogP contribution in [0, 0.1) is 0 Å². The van der Waals surface area contributed by atoms with E-state index in [1.165, 1.54) is 141 Å². The minimum Gasteiger partial charge on any atom is -0.464 e. The molecule has 1 saturated heterocycles. The van der Waals surface area contributed by atoms with Gasteiger partial charge in [-0.3, -0.25) is 19.4 Å². The van der Waals surface area contributed by atoms with Crippen molar-refractivity contribution in [3.05, 3.63) is 24.3 Å². The molecular weight excluding hydrogens is 658 g/mol. The lowest BCUT2D eigenvalue weighted by Gasteiger charge is -2.28. The number of halogens is 1. The Morgan fingerprint density at radius 2 is 0.941 bits per heavy atom. The zero-order chi connectivity index (χ0) is 35.5. The number of ketones is 1. The molecule has 0 amide bonds. The molecule has 0 aliphatic carbocycles. The molecule has 0 aromatic carbocycles. The molecule has 0 saturated carbocycles. The number of carbonyl (C=O) groups excluding carboxylic acids is 2. The third-order valence-corrected chi connectivity index (χ3v) is 10.0.